The largest absolute Gasteiger partial charge is 0.459 e. The van der Waals surface area contributed by atoms with E-state index in [1.54, 1.807) is 56.9 Å². The van der Waals surface area contributed by atoms with Crippen LogP contribution in [0.25, 0.3) is 0 Å². The maximum absolute atomic E-state index is 13.0. The average Bonchev–Trinajstić information content (AvgIpc) is 3.01. The van der Waals surface area contributed by atoms with E-state index in [1.807, 2.05) is 19.9 Å². The van der Waals surface area contributed by atoms with E-state index in [1.165, 1.54) is 0 Å². The van der Waals surface area contributed by atoms with Crippen LogP contribution in [-0.4, -0.2) is 46.9 Å². The number of H-pyrrole nitrogens is 1. The van der Waals surface area contributed by atoms with Crippen LogP contribution < -0.4 is 0 Å². The smallest absolute Gasteiger partial charge is 0.356 e. The van der Waals surface area contributed by atoms with Crippen LogP contribution in [0.1, 0.15) is 71.5 Å². The van der Waals surface area contributed by atoms with Gasteiger partial charge < -0.3 is 19.4 Å². The second-order valence-corrected chi connectivity index (χ2v) is 7.29. The second kappa shape index (κ2) is 10.1. The molecule has 0 spiro atoms. The monoisotopic (exact) mass is 414 g/mol. The van der Waals surface area contributed by atoms with Crippen molar-refractivity contribution in [2.75, 3.05) is 13.1 Å². The number of ether oxygens (including phenoxy) is 2. The minimum absolute atomic E-state index is 0.136. The summed E-state index contributed by atoms with van der Waals surface area (Å²) in [5.74, 6) is -1.50. The van der Waals surface area contributed by atoms with Gasteiger partial charge in [0.2, 0.25) is 6.10 Å². The molecule has 1 aromatic carbocycles. The highest BCUT2D eigenvalue weighted by Crippen LogP contribution is 2.25. The molecule has 0 unspecified atom stereocenters. The van der Waals surface area contributed by atoms with Gasteiger partial charge in [0.05, 0.1) is 11.7 Å². The zero-order chi connectivity index (χ0) is 22.4. The van der Waals surface area contributed by atoms with Crippen LogP contribution in [0.4, 0.5) is 0 Å². The van der Waals surface area contributed by atoms with Crippen LogP contribution in [0.2, 0.25) is 0 Å². The van der Waals surface area contributed by atoms with Gasteiger partial charge in [0.25, 0.3) is 5.91 Å². The number of amides is 1. The number of aryl methyl sites for hydroxylation is 1. The second-order valence-electron chi connectivity index (χ2n) is 7.29. The van der Waals surface area contributed by atoms with Crippen molar-refractivity contribution in [1.82, 2.24) is 9.88 Å². The van der Waals surface area contributed by atoms with E-state index in [4.69, 9.17) is 9.47 Å². The zero-order valence-corrected chi connectivity index (χ0v) is 18.4. The Morgan fingerprint density at radius 3 is 2.10 bits per heavy atom. The molecule has 2 aromatic rings. The first-order valence-electron chi connectivity index (χ1n) is 10.2. The van der Waals surface area contributed by atoms with E-state index in [0.29, 0.717) is 35.5 Å². The standard InChI is InChI=1S/C23H30N2O5/c1-7-25(8-2)21(26)20(17-12-10-9-11-13-17)30-23(28)19-15(5)18(16(6)24-19)22(27)29-14(3)4/h9-14,20,24H,7-8H2,1-6H3/t20-/m0/s1. The lowest BCUT2D eigenvalue weighted by molar-refractivity contribution is -0.140. The number of aromatic nitrogens is 1. The SMILES string of the molecule is CCN(CC)C(=O)[C@@H](OC(=O)c1[nH]c(C)c(C(=O)OC(C)C)c1C)c1ccccc1. The Morgan fingerprint density at radius 1 is 0.967 bits per heavy atom. The third-order valence-corrected chi connectivity index (χ3v) is 4.82. The number of nitrogens with zero attached hydrogens (tertiary/aromatic N) is 1. The number of nitrogens with one attached hydrogen (secondary N) is 1. The maximum Gasteiger partial charge on any atom is 0.356 e. The Balaban J connectivity index is 2.36. The first kappa shape index (κ1) is 23.2. The predicted molar refractivity (Wildman–Crippen MR) is 113 cm³/mol. The number of carbonyl (C=O) groups excluding carboxylic acids is 3. The predicted octanol–water partition coefficient (Wildman–Crippen LogP) is 3.96. The van der Waals surface area contributed by atoms with Crippen molar-refractivity contribution in [3.63, 3.8) is 0 Å². The Hall–Kier alpha value is -3.09. The maximum atomic E-state index is 13.0. The minimum atomic E-state index is -1.08. The summed E-state index contributed by atoms with van der Waals surface area (Å²) in [5.41, 5.74) is 1.98. The molecule has 0 saturated carbocycles. The van der Waals surface area contributed by atoms with E-state index in [2.05, 4.69) is 4.98 Å². The molecule has 7 heteroatoms. The van der Waals surface area contributed by atoms with E-state index in [0.717, 1.165) is 0 Å². The third kappa shape index (κ3) is 5.09. The lowest BCUT2D eigenvalue weighted by Crippen LogP contribution is -2.36. The number of rotatable bonds is 8. The number of esters is 2. The van der Waals surface area contributed by atoms with Crippen molar-refractivity contribution in [1.29, 1.82) is 0 Å². The van der Waals surface area contributed by atoms with E-state index >= 15 is 0 Å². The summed E-state index contributed by atoms with van der Waals surface area (Å²) in [4.78, 5) is 42.9. The van der Waals surface area contributed by atoms with Gasteiger partial charge >= 0.3 is 11.9 Å². The highest BCUT2D eigenvalue weighted by atomic mass is 16.6. The number of benzene rings is 1. The lowest BCUT2D eigenvalue weighted by atomic mass is 10.1. The van der Waals surface area contributed by atoms with Gasteiger partial charge in [-0.1, -0.05) is 30.3 Å². The Labute approximate surface area is 177 Å². The number of hydrogen-bond acceptors (Lipinski definition) is 5. The summed E-state index contributed by atoms with van der Waals surface area (Å²) in [6.07, 6.45) is -1.36. The van der Waals surface area contributed by atoms with Crippen molar-refractivity contribution in [2.24, 2.45) is 0 Å². The molecule has 0 aliphatic carbocycles. The summed E-state index contributed by atoms with van der Waals surface area (Å²) < 4.78 is 10.9. The van der Waals surface area contributed by atoms with Crippen molar-refractivity contribution in [3.05, 3.63) is 58.4 Å². The topological polar surface area (TPSA) is 88.7 Å². The molecule has 7 nitrogen and oxygen atoms in total. The van der Waals surface area contributed by atoms with E-state index in [-0.39, 0.29) is 17.7 Å². The molecule has 0 bridgehead atoms. The Bertz CT molecular complexity index is 898. The molecule has 1 aromatic heterocycles. The quantitative estimate of drug-likeness (QED) is 0.661. The summed E-state index contributed by atoms with van der Waals surface area (Å²) in [6.45, 7) is 11.6. The molecule has 0 aliphatic heterocycles. The van der Waals surface area contributed by atoms with Gasteiger partial charge in [-0.2, -0.15) is 0 Å². The molecule has 0 aliphatic rings. The van der Waals surface area contributed by atoms with Crippen molar-refractivity contribution < 1.29 is 23.9 Å². The van der Waals surface area contributed by atoms with Crippen molar-refractivity contribution >= 4 is 17.8 Å². The molecule has 162 valence electrons. The summed E-state index contributed by atoms with van der Waals surface area (Å²) in [6, 6.07) is 8.90. The number of aromatic amines is 1. The van der Waals surface area contributed by atoms with E-state index < -0.39 is 18.0 Å². The van der Waals surface area contributed by atoms with Crippen molar-refractivity contribution in [2.45, 2.75) is 53.8 Å². The molecule has 1 N–H and O–H groups in total. The fourth-order valence-corrected chi connectivity index (χ4v) is 3.29. The molecule has 1 heterocycles. The van der Waals surface area contributed by atoms with Crippen LogP contribution >= 0.6 is 0 Å². The summed E-state index contributed by atoms with van der Waals surface area (Å²) in [7, 11) is 0. The first-order chi connectivity index (χ1) is 14.2. The molecule has 2 rings (SSSR count). The first-order valence-corrected chi connectivity index (χ1v) is 10.2. The normalized spacial score (nSPS) is 11.8. The Morgan fingerprint density at radius 2 is 1.57 bits per heavy atom. The van der Waals surface area contributed by atoms with Crippen LogP contribution in [0.3, 0.4) is 0 Å². The van der Waals surface area contributed by atoms with Gasteiger partial charge in [0.1, 0.15) is 5.69 Å². The van der Waals surface area contributed by atoms with Gasteiger partial charge in [-0.05, 0) is 47.1 Å². The zero-order valence-electron chi connectivity index (χ0n) is 18.4. The Kier molecular flexibility index (Phi) is 7.80. The van der Waals surface area contributed by atoms with Crippen LogP contribution in [0, 0.1) is 13.8 Å². The molecule has 30 heavy (non-hydrogen) atoms. The van der Waals surface area contributed by atoms with Gasteiger partial charge in [0, 0.05) is 24.3 Å². The minimum Gasteiger partial charge on any atom is -0.459 e. The highest BCUT2D eigenvalue weighted by Gasteiger charge is 2.31. The highest BCUT2D eigenvalue weighted by molar-refractivity contribution is 5.99. The van der Waals surface area contributed by atoms with Crippen LogP contribution in [-0.2, 0) is 14.3 Å². The summed E-state index contributed by atoms with van der Waals surface area (Å²) >= 11 is 0. The number of carbonyl (C=O) groups is 3. The van der Waals surface area contributed by atoms with Gasteiger partial charge in [-0.25, -0.2) is 9.59 Å². The average molecular weight is 415 g/mol. The molecule has 0 fully saturated rings. The molecule has 0 radical (unpaired) electrons. The van der Waals surface area contributed by atoms with Gasteiger partial charge in [-0.3, -0.25) is 4.79 Å². The van der Waals surface area contributed by atoms with Crippen LogP contribution in [0.5, 0.6) is 0 Å². The van der Waals surface area contributed by atoms with Crippen molar-refractivity contribution in [3.8, 4) is 0 Å². The van der Waals surface area contributed by atoms with Gasteiger partial charge in [0.15, 0.2) is 0 Å². The fourth-order valence-electron chi connectivity index (χ4n) is 3.29. The fraction of sp³-hybridized carbons (Fsp3) is 0.435. The lowest BCUT2D eigenvalue weighted by Gasteiger charge is -2.25. The number of hydrogen-bond donors (Lipinski definition) is 1. The third-order valence-electron chi connectivity index (χ3n) is 4.82. The number of likely N-dealkylation sites (N-methyl/N-ethyl adjacent to an activating group) is 1. The molecular formula is C23H30N2O5. The molecular weight excluding hydrogens is 384 g/mol. The van der Waals surface area contributed by atoms with Gasteiger partial charge in [-0.15, -0.1) is 0 Å². The molecule has 0 saturated heterocycles. The van der Waals surface area contributed by atoms with E-state index in [9.17, 15) is 14.4 Å². The van der Waals surface area contributed by atoms with Crippen LogP contribution in [0.15, 0.2) is 30.3 Å². The summed E-state index contributed by atoms with van der Waals surface area (Å²) in [5, 5.41) is 0. The molecule has 1 amide bonds. The molecule has 1 atom stereocenters.